The number of hydrogen-bond acceptors (Lipinski definition) is 4. The SMILES string of the molecule is O=C1Nc2c(Nc3ccc(Cl)cc3)nc3ccccc3c2C1=O. The molecule has 0 saturated carbocycles. The maximum absolute atomic E-state index is 12.2. The van der Waals surface area contributed by atoms with Gasteiger partial charge in [-0.2, -0.15) is 0 Å². The molecule has 0 fully saturated rings. The van der Waals surface area contributed by atoms with E-state index in [4.69, 9.17) is 11.6 Å². The second kappa shape index (κ2) is 5.07. The minimum Gasteiger partial charge on any atom is -0.338 e. The lowest BCUT2D eigenvalue weighted by atomic mass is 10.1. The summed E-state index contributed by atoms with van der Waals surface area (Å²) in [6, 6.07) is 14.3. The number of para-hydroxylation sites is 1. The topological polar surface area (TPSA) is 71.1 Å². The Kier molecular flexibility index (Phi) is 3.02. The van der Waals surface area contributed by atoms with Crippen LogP contribution in [0.3, 0.4) is 0 Å². The fraction of sp³-hybridized carbons (Fsp3) is 0. The first-order chi connectivity index (χ1) is 11.1. The first-order valence-corrected chi connectivity index (χ1v) is 7.32. The standard InChI is InChI=1S/C17H10ClN3O2/c18-9-5-7-10(8-6-9)19-16-14-13(15(22)17(23)21-14)11-3-1-2-4-12(11)20-16/h1-8H,(H,19,20)(H,21,22,23). The summed E-state index contributed by atoms with van der Waals surface area (Å²) < 4.78 is 0. The zero-order chi connectivity index (χ0) is 16.0. The van der Waals surface area contributed by atoms with Crippen molar-refractivity contribution in [2.45, 2.75) is 0 Å². The van der Waals surface area contributed by atoms with E-state index in [0.29, 0.717) is 33.0 Å². The maximum Gasteiger partial charge on any atom is 0.296 e. The summed E-state index contributed by atoms with van der Waals surface area (Å²) >= 11 is 5.88. The predicted octanol–water partition coefficient (Wildman–Crippen LogP) is 3.77. The highest BCUT2D eigenvalue weighted by Crippen LogP contribution is 2.36. The van der Waals surface area contributed by atoms with Gasteiger partial charge in [-0.3, -0.25) is 9.59 Å². The van der Waals surface area contributed by atoms with Gasteiger partial charge in [-0.15, -0.1) is 0 Å². The Morgan fingerprint density at radius 2 is 1.74 bits per heavy atom. The Morgan fingerprint density at radius 3 is 2.52 bits per heavy atom. The van der Waals surface area contributed by atoms with Crippen LogP contribution in [0.15, 0.2) is 48.5 Å². The third kappa shape index (κ3) is 2.22. The van der Waals surface area contributed by atoms with E-state index in [2.05, 4.69) is 15.6 Å². The summed E-state index contributed by atoms with van der Waals surface area (Å²) in [5.74, 6) is -0.754. The smallest absolute Gasteiger partial charge is 0.296 e. The monoisotopic (exact) mass is 323 g/mol. The van der Waals surface area contributed by atoms with Gasteiger partial charge in [0.2, 0.25) is 0 Å². The molecular weight excluding hydrogens is 314 g/mol. The van der Waals surface area contributed by atoms with Crippen molar-refractivity contribution in [3.05, 3.63) is 59.1 Å². The summed E-state index contributed by atoms with van der Waals surface area (Å²) in [5, 5.41) is 7.01. The van der Waals surface area contributed by atoms with Crippen molar-refractivity contribution < 1.29 is 9.59 Å². The van der Waals surface area contributed by atoms with Crippen molar-refractivity contribution in [1.82, 2.24) is 4.98 Å². The van der Waals surface area contributed by atoms with Gasteiger partial charge in [-0.25, -0.2) is 4.98 Å². The van der Waals surface area contributed by atoms with Crippen LogP contribution < -0.4 is 10.6 Å². The normalized spacial score (nSPS) is 13.1. The number of nitrogens with one attached hydrogen (secondary N) is 2. The molecule has 0 bridgehead atoms. The second-order valence-electron chi connectivity index (χ2n) is 5.14. The molecule has 0 saturated heterocycles. The van der Waals surface area contributed by atoms with E-state index < -0.39 is 11.7 Å². The van der Waals surface area contributed by atoms with Crippen molar-refractivity contribution in [2.24, 2.45) is 0 Å². The molecule has 112 valence electrons. The third-order valence-corrected chi connectivity index (χ3v) is 3.92. The Labute approximate surface area is 136 Å². The number of nitrogens with zero attached hydrogens (tertiary/aromatic N) is 1. The highest BCUT2D eigenvalue weighted by atomic mass is 35.5. The number of fused-ring (bicyclic) bond motifs is 3. The van der Waals surface area contributed by atoms with Crippen LogP contribution >= 0.6 is 11.6 Å². The number of rotatable bonds is 2. The van der Waals surface area contributed by atoms with Crippen molar-refractivity contribution in [2.75, 3.05) is 10.6 Å². The Bertz CT molecular complexity index is 967. The lowest BCUT2D eigenvalue weighted by molar-refractivity contribution is -0.112. The average Bonchev–Trinajstić information content (AvgIpc) is 2.86. The summed E-state index contributed by atoms with van der Waals surface area (Å²) in [4.78, 5) is 28.5. The number of benzene rings is 2. The maximum atomic E-state index is 12.2. The summed E-state index contributed by atoms with van der Waals surface area (Å²) in [6.07, 6.45) is 0. The molecule has 5 nitrogen and oxygen atoms in total. The average molecular weight is 324 g/mol. The molecule has 1 aliphatic heterocycles. The highest BCUT2D eigenvalue weighted by Gasteiger charge is 2.33. The number of carbonyl (C=O) groups is 2. The molecule has 1 aliphatic rings. The zero-order valence-electron chi connectivity index (χ0n) is 11.8. The molecule has 6 heteroatoms. The quantitative estimate of drug-likeness (QED) is 0.704. The lowest BCUT2D eigenvalue weighted by Crippen LogP contribution is -2.12. The number of halogens is 1. The number of aromatic nitrogens is 1. The minimum absolute atomic E-state index is 0.358. The van der Waals surface area contributed by atoms with Gasteiger partial charge in [0.15, 0.2) is 5.82 Å². The molecule has 2 heterocycles. The molecule has 0 spiro atoms. The molecule has 1 aromatic heterocycles. The zero-order valence-corrected chi connectivity index (χ0v) is 12.5. The van der Waals surface area contributed by atoms with Gasteiger partial charge in [0.05, 0.1) is 16.8 Å². The minimum atomic E-state index is -0.641. The van der Waals surface area contributed by atoms with E-state index in [9.17, 15) is 9.59 Å². The van der Waals surface area contributed by atoms with Crippen LogP contribution in [-0.4, -0.2) is 16.7 Å². The van der Waals surface area contributed by atoms with Crippen molar-refractivity contribution in [3.63, 3.8) is 0 Å². The van der Waals surface area contributed by atoms with E-state index in [-0.39, 0.29) is 0 Å². The van der Waals surface area contributed by atoms with Crippen LogP contribution in [-0.2, 0) is 4.79 Å². The van der Waals surface area contributed by atoms with Crippen LogP contribution in [0.5, 0.6) is 0 Å². The molecule has 0 radical (unpaired) electrons. The fourth-order valence-electron chi connectivity index (χ4n) is 2.61. The van der Waals surface area contributed by atoms with Gasteiger partial charge in [-0.1, -0.05) is 29.8 Å². The van der Waals surface area contributed by atoms with Gasteiger partial charge >= 0.3 is 0 Å². The van der Waals surface area contributed by atoms with E-state index >= 15 is 0 Å². The van der Waals surface area contributed by atoms with Gasteiger partial charge in [-0.05, 0) is 30.3 Å². The molecule has 0 aliphatic carbocycles. The first-order valence-electron chi connectivity index (χ1n) is 6.94. The predicted molar refractivity (Wildman–Crippen MR) is 89.4 cm³/mol. The molecule has 23 heavy (non-hydrogen) atoms. The fourth-order valence-corrected chi connectivity index (χ4v) is 2.74. The van der Waals surface area contributed by atoms with Gasteiger partial charge in [0, 0.05) is 16.1 Å². The van der Waals surface area contributed by atoms with E-state index in [1.165, 1.54) is 0 Å². The van der Waals surface area contributed by atoms with Crippen molar-refractivity contribution in [3.8, 4) is 0 Å². The number of carbonyl (C=O) groups excluding carboxylic acids is 2. The number of anilines is 3. The molecule has 3 aromatic rings. The molecule has 2 aromatic carbocycles. The molecule has 4 rings (SSSR count). The largest absolute Gasteiger partial charge is 0.338 e. The first kappa shape index (κ1) is 13.7. The lowest BCUT2D eigenvalue weighted by Gasteiger charge is -2.12. The van der Waals surface area contributed by atoms with Crippen LogP contribution in [0.4, 0.5) is 17.2 Å². The number of pyridine rings is 1. The van der Waals surface area contributed by atoms with E-state index in [1.54, 1.807) is 36.4 Å². The third-order valence-electron chi connectivity index (χ3n) is 3.67. The number of amides is 1. The highest BCUT2D eigenvalue weighted by molar-refractivity contribution is 6.54. The number of hydrogen-bond donors (Lipinski definition) is 2. The molecule has 0 unspecified atom stereocenters. The molecule has 1 amide bonds. The van der Waals surface area contributed by atoms with Gasteiger partial charge in [0.25, 0.3) is 11.7 Å². The Morgan fingerprint density at radius 1 is 1.00 bits per heavy atom. The van der Waals surface area contributed by atoms with Crippen molar-refractivity contribution in [1.29, 1.82) is 0 Å². The van der Waals surface area contributed by atoms with E-state index in [1.807, 2.05) is 12.1 Å². The van der Waals surface area contributed by atoms with Crippen LogP contribution in [0.2, 0.25) is 5.02 Å². The van der Waals surface area contributed by atoms with Crippen molar-refractivity contribution >= 4 is 51.4 Å². The summed E-state index contributed by atoms with van der Waals surface area (Å²) in [5.41, 5.74) is 2.17. The number of ketones is 1. The van der Waals surface area contributed by atoms with Gasteiger partial charge < -0.3 is 10.6 Å². The van der Waals surface area contributed by atoms with Gasteiger partial charge in [0.1, 0.15) is 0 Å². The Hall–Kier alpha value is -2.92. The van der Waals surface area contributed by atoms with Crippen LogP contribution in [0.1, 0.15) is 10.4 Å². The molecular formula is C17H10ClN3O2. The molecule has 2 N–H and O–H groups in total. The number of Topliss-reactive ketones (excluding diaryl/α,β-unsaturated/α-hetero) is 1. The van der Waals surface area contributed by atoms with Crippen LogP contribution in [0, 0.1) is 0 Å². The molecule has 0 atom stereocenters. The second-order valence-corrected chi connectivity index (χ2v) is 5.58. The summed E-state index contributed by atoms with van der Waals surface area (Å²) in [6.45, 7) is 0. The Balaban J connectivity index is 1.90. The van der Waals surface area contributed by atoms with E-state index in [0.717, 1.165) is 5.69 Å². The van der Waals surface area contributed by atoms with Crippen LogP contribution in [0.25, 0.3) is 10.9 Å². The summed E-state index contributed by atoms with van der Waals surface area (Å²) in [7, 11) is 0.